The number of aromatic nitrogens is 2. The van der Waals surface area contributed by atoms with Gasteiger partial charge in [0.25, 0.3) is 0 Å². The van der Waals surface area contributed by atoms with Crippen molar-refractivity contribution in [1.29, 1.82) is 5.26 Å². The molecule has 1 N–H and O–H groups in total. The molecule has 15 heavy (non-hydrogen) atoms. The zero-order valence-corrected chi connectivity index (χ0v) is 9.75. The first-order valence-corrected chi connectivity index (χ1v) is 5.71. The van der Waals surface area contributed by atoms with Crippen molar-refractivity contribution in [2.75, 3.05) is 6.26 Å². The third-order valence-corrected chi connectivity index (χ3v) is 2.28. The first-order valence-electron chi connectivity index (χ1n) is 4.49. The molecular formula is C9H13N5S. The fourth-order valence-corrected chi connectivity index (χ4v) is 1.30. The van der Waals surface area contributed by atoms with E-state index in [1.807, 2.05) is 37.2 Å². The predicted octanol–water partition coefficient (Wildman–Crippen LogP) is 1.89. The Morgan fingerprint density at radius 3 is 2.93 bits per heavy atom. The van der Waals surface area contributed by atoms with Crippen LogP contribution in [-0.4, -0.2) is 21.2 Å². The number of thioether (sulfide) groups is 1. The molecule has 1 aromatic rings. The molecule has 1 heterocycles. The summed E-state index contributed by atoms with van der Waals surface area (Å²) in [6.07, 6.45) is 7.22. The summed E-state index contributed by atoms with van der Waals surface area (Å²) in [5.41, 5.74) is 0.746. The van der Waals surface area contributed by atoms with Crippen molar-refractivity contribution in [2.24, 2.45) is 4.99 Å². The maximum atomic E-state index is 8.46. The molecule has 0 fully saturated rings. The lowest BCUT2D eigenvalue weighted by Crippen LogP contribution is -2.12. The highest BCUT2D eigenvalue weighted by Gasteiger charge is 2.02. The van der Waals surface area contributed by atoms with Gasteiger partial charge in [-0.05, 0) is 20.1 Å². The van der Waals surface area contributed by atoms with Crippen LogP contribution < -0.4 is 5.32 Å². The lowest BCUT2D eigenvalue weighted by Gasteiger charge is -2.02. The Balaban J connectivity index is 2.83. The Morgan fingerprint density at radius 2 is 2.47 bits per heavy atom. The van der Waals surface area contributed by atoms with E-state index in [9.17, 15) is 0 Å². The SMILES string of the molecule is CSC(=Nc1cnn(C(C)C)c1)NC#N. The number of nitriles is 1. The Morgan fingerprint density at radius 1 is 1.73 bits per heavy atom. The number of nitrogens with one attached hydrogen (secondary N) is 1. The van der Waals surface area contributed by atoms with Crippen LogP contribution in [0.25, 0.3) is 0 Å². The highest BCUT2D eigenvalue weighted by Crippen LogP contribution is 2.14. The van der Waals surface area contributed by atoms with E-state index in [0.717, 1.165) is 5.69 Å². The molecule has 0 spiro atoms. The molecule has 0 atom stereocenters. The molecule has 0 aromatic carbocycles. The second-order valence-corrected chi connectivity index (χ2v) is 3.93. The molecule has 0 radical (unpaired) electrons. The van der Waals surface area contributed by atoms with E-state index in [-0.39, 0.29) is 0 Å². The van der Waals surface area contributed by atoms with E-state index in [0.29, 0.717) is 11.2 Å². The van der Waals surface area contributed by atoms with Crippen molar-refractivity contribution < 1.29 is 0 Å². The molecule has 6 heteroatoms. The Bertz CT molecular complexity index is 387. The van der Waals surface area contributed by atoms with Gasteiger partial charge >= 0.3 is 0 Å². The lowest BCUT2D eigenvalue weighted by atomic mass is 10.4. The third-order valence-electron chi connectivity index (χ3n) is 1.70. The monoisotopic (exact) mass is 223 g/mol. The minimum atomic E-state index is 0.315. The molecule has 5 nitrogen and oxygen atoms in total. The molecule has 80 valence electrons. The van der Waals surface area contributed by atoms with Gasteiger partial charge in [-0.1, -0.05) is 11.8 Å². The van der Waals surface area contributed by atoms with Crippen molar-refractivity contribution in [3.63, 3.8) is 0 Å². The summed E-state index contributed by atoms with van der Waals surface area (Å²) in [4.78, 5) is 4.23. The standard InChI is InChI=1S/C9H13N5S/c1-7(2)14-5-8(4-12-14)13-9(15-3)11-6-10/h4-5,7H,1-3H3,(H,11,13). The summed E-state index contributed by atoms with van der Waals surface area (Å²) < 4.78 is 1.82. The molecule has 0 aliphatic heterocycles. The molecule has 0 aliphatic rings. The maximum absolute atomic E-state index is 8.46. The summed E-state index contributed by atoms with van der Waals surface area (Å²) in [5.74, 6) is 0. The van der Waals surface area contributed by atoms with Gasteiger partial charge in [0.05, 0.1) is 12.4 Å². The largest absolute Gasteiger partial charge is 0.271 e. The zero-order chi connectivity index (χ0) is 11.3. The van der Waals surface area contributed by atoms with Gasteiger partial charge in [0, 0.05) is 6.04 Å². The second-order valence-electron chi connectivity index (χ2n) is 3.13. The first kappa shape index (κ1) is 11.6. The number of amidine groups is 1. The normalized spacial score (nSPS) is 11.5. The van der Waals surface area contributed by atoms with Crippen LogP contribution >= 0.6 is 11.8 Å². The van der Waals surface area contributed by atoms with Crippen molar-refractivity contribution in [2.45, 2.75) is 19.9 Å². The Hall–Kier alpha value is -1.48. The summed E-state index contributed by atoms with van der Waals surface area (Å²) >= 11 is 1.39. The minimum Gasteiger partial charge on any atom is -0.271 e. The van der Waals surface area contributed by atoms with E-state index >= 15 is 0 Å². The topological polar surface area (TPSA) is 66.0 Å². The second kappa shape index (κ2) is 5.41. The summed E-state index contributed by atoms with van der Waals surface area (Å²) in [5, 5.41) is 15.7. The first-order chi connectivity index (χ1) is 7.17. The maximum Gasteiger partial charge on any atom is 0.183 e. The van der Waals surface area contributed by atoms with E-state index in [4.69, 9.17) is 5.26 Å². The molecule has 1 aromatic heterocycles. The molecule has 0 aliphatic carbocycles. The highest BCUT2D eigenvalue weighted by molar-refractivity contribution is 8.13. The van der Waals surface area contributed by atoms with Crippen LogP contribution in [0.5, 0.6) is 0 Å². The number of aliphatic imine (C=N–C) groups is 1. The van der Waals surface area contributed by atoms with Crippen molar-refractivity contribution >= 4 is 22.6 Å². The minimum absolute atomic E-state index is 0.315. The van der Waals surface area contributed by atoms with Crippen LogP contribution in [0.15, 0.2) is 17.4 Å². The van der Waals surface area contributed by atoms with Gasteiger partial charge in [-0.3, -0.25) is 10.00 Å². The molecule has 0 amide bonds. The fraction of sp³-hybridized carbons (Fsp3) is 0.444. The Labute approximate surface area is 93.2 Å². The molecule has 0 saturated heterocycles. The van der Waals surface area contributed by atoms with E-state index in [1.165, 1.54) is 11.8 Å². The highest BCUT2D eigenvalue weighted by atomic mass is 32.2. The summed E-state index contributed by atoms with van der Waals surface area (Å²) in [7, 11) is 0. The van der Waals surface area contributed by atoms with Gasteiger partial charge in [-0.25, -0.2) is 4.99 Å². The number of rotatable bonds is 2. The Kier molecular flexibility index (Phi) is 4.18. The fourth-order valence-electron chi connectivity index (χ4n) is 0.958. The number of hydrogen-bond donors (Lipinski definition) is 1. The number of hydrogen-bond acceptors (Lipinski definition) is 4. The van der Waals surface area contributed by atoms with E-state index in [1.54, 1.807) is 6.20 Å². The van der Waals surface area contributed by atoms with Crippen LogP contribution in [0.1, 0.15) is 19.9 Å². The van der Waals surface area contributed by atoms with Crippen LogP contribution in [0, 0.1) is 11.5 Å². The van der Waals surface area contributed by atoms with Gasteiger partial charge < -0.3 is 0 Å². The van der Waals surface area contributed by atoms with Gasteiger partial charge in [0.2, 0.25) is 0 Å². The van der Waals surface area contributed by atoms with Crippen LogP contribution in [0.4, 0.5) is 5.69 Å². The lowest BCUT2D eigenvalue weighted by molar-refractivity contribution is 0.532. The summed E-state index contributed by atoms with van der Waals surface area (Å²) in [6, 6.07) is 0.315. The van der Waals surface area contributed by atoms with Crippen LogP contribution in [0.3, 0.4) is 0 Å². The van der Waals surface area contributed by atoms with Crippen molar-refractivity contribution in [3.8, 4) is 6.19 Å². The van der Waals surface area contributed by atoms with Gasteiger partial charge in [-0.15, -0.1) is 0 Å². The average molecular weight is 223 g/mol. The van der Waals surface area contributed by atoms with Gasteiger partial charge in [0.1, 0.15) is 5.69 Å². The third kappa shape index (κ3) is 3.29. The molecule has 0 saturated carbocycles. The van der Waals surface area contributed by atoms with E-state index in [2.05, 4.69) is 15.4 Å². The van der Waals surface area contributed by atoms with E-state index < -0.39 is 0 Å². The quantitative estimate of drug-likeness (QED) is 0.360. The number of nitrogens with zero attached hydrogens (tertiary/aromatic N) is 4. The zero-order valence-electron chi connectivity index (χ0n) is 8.93. The smallest absolute Gasteiger partial charge is 0.183 e. The molecular weight excluding hydrogens is 210 g/mol. The van der Waals surface area contributed by atoms with Crippen molar-refractivity contribution in [1.82, 2.24) is 15.1 Å². The van der Waals surface area contributed by atoms with Crippen LogP contribution in [0.2, 0.25) is 0 Å². The van der Waals surface area contributed by atoms with Gasteiger partial charge in [-0.2, -0.15) is 10.4 Å². The predicted molar refractivity (Wildman–Crippen MR) is 62.0 cm³/mol. The van der Waals surface area contributed by atoms with Crippen LogP contribution in [-0.2, 0) is 0 Å². The molecule has 1 rings (SSSR count). The summed E-state index contributed by atoms with van der Waals surface area (Å²) in [6.45, 7) is 4.09. The molecule has 0 unspecified atom stereocenters. The van der Waals surface area contributed by atoms with Crippen molar-refractivity contribution in [3.05, 3.63) is 12.4 Å². The molecule has 0 bridgehead atoms. The average Bonchev–Trinajstić information content (AvgIpc) is 2.65. The van der Waals surface area contributed by atoms with Gasteiger partial charge in [0.15, 0.2) is 11.4 Å².